The Morgan fingerprint density at radius 1 is 1.20 bits per heavy atom. The summed E-state index contributed by atoms with van der Waals surface area (Å²) in [7, 11) is 0. The van der Waals surface area contributed by atoms with Gasteiger partial charge in [0, 0.05) is 14.5 Å². The second-order valence-corrected chi connectivity index (χ2v) is 4.64. The van der Waals surface area contributed by atoms with Crippen molar-refractivity contribution in [2.45, 2.75) is 6.18 Å². The van der Waals surface area contributed by atoms with Crippen LogP contribution < -0.4 is 0 Å². The third-order valence-corrected chi connectivity index (χ3v) is 3.09. The molecule has 0 aliphatic rings. The minimum atomic E-state index is -4.48. The Balaban J connectivity index is 3.39. The third kappa shape index (κ3) is 2.95. The Morgan fingerprint density at radius 3 is 2.13 bits per heavy atom. The monoisotopic (exact) mass is 364 g/mol. The van der Waals surface area contributed by atoms with Gasteiger partial charge >= 0.3 is 6.18 Å². The van der Waals surface area contributed by atoms with E-state index >= 15 is 0 Å². The SMILES string of the molecule is O=C(Cl)c1cc(Br)c(C(F)(F)F)cc1Br. The summed E-state index contributed by atoms with van der Waals surface area (Å²) in [5.41, 5.74) is -0.882. The van der Waals surface area contributed by atoms with Gasteiger partial charge in [-0.05, 0) is 39.7 Å². The Hall–Kier alpha value is -0.0700. The molecule has 0 saturated carbocycles. The summed E-state index contributed by atoms with van der Waals surface area (Å²) in [5, 5.41) is -0.823. The molecule has 1 aromatic rings. The van der Waals surface area contributed by atoms with Crippen molar-refractivity contribution in [2.24, 2.45) is 0 Å². The van der Waals surface area contributed by atoms with E-state index in [1.807, 2.05) is 0 Å². The zero-order valence-corrected chi connectivity index (χ0v) is 10.8. The maximum atomic E-state index is 12.4. The average Bonchev–Trinajstić information content (AvgIpc) is 2.06. The predicted octanol–water partition coefficient (Wildman–Crippen LogP) is 4.61. The molecule has 0 unspecified atom stereocenters. The van der Waals surface area contributed by atoms with Gasteiger partial charge in [-0.1, -0.05) is 15.9 Å². The van der Waals surface area contributed by atoms with Crippen molar-refractivity contribution >= 4 is 48.7 Å². The van der Waals surface area contributed by atoms with Gasteiger partial charge in [0.25, 0.3) is 5.24 Å². The topological polar surface area (TPSA) is 17.1 Å². The molecule has 0 spiro atoms. The van der Waals surface area contributed by atoms with Crippen LogP contribution in [0.4, 0.5) is 13.2 Å². The maximum absolute atomic E-state index is 12.4. The molecule has 7 heteroatoms. The summed E-state index contributed by atoms with van der Waals surface area (Å²) < 4.78 is 37.0. The number of hydrogen-bond acceptors (Lipinski definition) is 1. The molecule has 0 bridgehead atoms. The molecular weight excluding hydrogens is 364 g/mol. The summed E-state index contributed by atoms with van der Waals surface area (Å²) in [4.78, 5) is 10.8. The molecule has 0 aromatic heterocycles. The largest absolute Gasteiger partial charge is 0.417 e. The van der Waals surface area contributed by atoms with Crippen LogP contribution in [0.15, 0.2) is 21.1 Å². The summed E-state index contributed by atoms with van der Waals surface area (Å²) in [6, 6.07) is 1.84. The second-order valence-electron chi connectivity index (χ2n) is 2.58. The highest BCUT2D eigenvalue weighted by atomic mass is 79.9. The Bertz CT molecular complexity index is 417. The van der Waals surface area contributed by atoms with E-state index in [1.165, 1.54) is 0 Å². The molecule has 0 amide bonds. The van der Waals surface area contributed by atoms with Gasteiger partial charge in [0.15, 0.2) is 0 Å². The van der Waals surface area contributed by atoms with Crippen LogP contribution in [0.25, 0.3) is 0 Å². The molecule has 0 radical (unpaired) electrons. The lowest BCUT2D eigenvalue weighted by Crippen LogP contribution is -2.07. The van der Waals surface area contributed by atoms with E-state index in [-0.39, 0.29) is 14.5 Å². The van der Waals surface area contributed by atoms with Gasteiger partial charge in [0.2, 0.25) is 0 Å². The van der Waals surface area contributed by atoms with Crippen molar-refractivity contribution in [1.82, 2.24) is 0 Å². The molecule has 0 fully saturated rings. The number of carbonyl (C=O) groups excluding carboxylic acids is 1. The molecule has 1 rings (SSSR count). The van der Waals surface area contributed by atoms with Crippen LogP contribution in [0.2, 0.25) is 0 Å². The molecule has 0 saturated heterocycles. The smallest absolute Gasteiger partial charge is 0.276 e. The van der Waals surface area contributed by atoms with E-state index in [4.69, 9.17) is 11.6 Å². The van der Waals surface area contributed by atoms with Gasteiger partial charge in [0.1, 0.15) is 0 Å². The summed E-state index contributed by atoms with van der Waals surface area (Å²) in [6.07, 6.45) is -4.48. The Morgan fingerprint density at radius 2 is 1.73 bits per heavy atom. The predicted molar refractivity (Wildman–Crippen MR) is 57.0 cm³/mol. The van der Waals surface area contributed by atoms with Crippen molar-refractivity contribution in [2.75, 3.05) is 0 Å². The van der Waals surface area contributed by atoms with Crippen molar-refractivity contribution < 1.29 is 18.0 Å². The highest BCUT2D eigenvalue weighted by molar-refractivity contribution is 9.11. The molecule has 0 N–H and O–H groups in total. The lowest BCUT2D eigenvalue weighted by Gasteiger charge is -2.10. The van der Waals surface area contributed by atoms with Crippen LogP contribution in [0.1, 0.15) is 15.9 Å². The number of carbonyl (C=O) groups is 1. The highest BCUT2D eigenvalue weighted by Crippen LogP contribution is 2.38. The fourth-order valence-corrected chi connectivity index (χ4v) is 2.28. The minimum Gasteiger partial charge on any atom is -0.276 e. The van der Waals surface area contributed by atoms with Crippen LogP contribution >= 0.6 is 43.5 Å². The quantitative estimate of drug-likeness (QED) is 0.664. The number of hydrogen-bond donors (Lipinski definition) is 0. The standard InChI is InChI=1S/C8H2Br2ClF3O/c9-5-2-4(8(12,13)14)6(10)1-3(5)7(11)15/h1-2H. The number of benzene rings is 1. The van der Waals surface area contributed by atoms with Gasteiger partial charge in [-0.15, -0.1) is 0 Å². The second kappa shape index (κ2) is 4.43. The van der Waals surface area contributed by atoms with E-state index in [1.54, 1.807) is 0 Å². The van der Waals surface area contributed by atoms with Gasteiger partial charge in [-0.2, -0.15) is 13.2 Å². The van der Waals surface area contributed by atoms with Crippen molar-refractivity contribution in [1.29, 1.82) is 0 Å². The Labute approximate surface area is 105 Å². The number of halogens is 6. The first-order valence-electron chi connectivity index (χ1n) is 3.49. The minimum absolute atomic E-state index is 0.0121. The lowest BCUT2D eigenvalue weighted by atomic mass is 10.1. The molecule has 0 atom stereocenters. The molecule has 0 heterocycles. The first-order valence-corrected chi connectivity index (χ1v) is 5.46. The zero-order chi connectivity index (χ0) is 11.8. The zero-order valence-electron chi connectivity index (χ0n) is 6.83. The van der Waals surface area contributed by atoms with Gasteiger partial charge in [0.05, 0.1) is 5.56 Å². The molecule has 0 aliphatic heterocycles. The van der Waals surface area contributed by atoms with E-state index in [0.717, 1.165) is 12.1 Å². The molecule has 82 valence electrons. The lowest BCUT2D eigenvalue weighted by molar-refractivity contribution is -0.138. The Kier molecular flexibility index (Phi) is 3.84. The molecule has 1 aromatic carbocycles. The summed E-state index contributed by atoms with van der Waals surface area (Å²) in [6.45, 7) is 0. The molecule has 0 aliphatic carbocycles. The fourth-order valence-electron chi connectivity index (χ4n) is 0.915. The molecular formula is C8H2Br2ClF3O. The van der Waals surface area contributed by atoms with Crippen LogP contribution in [0.5, 0.6) is 0 Å². The van der Waals surface area contributed by atoms with E-state index in [2.05, 4.69) is 31.9 Å². The third-order valence-electron chi connectivity index (χ3n) is 1.57. The van der Waals surface area contributed by atoms with E-state index in [0.29, 0.717) is 0 Å². The van der Waals surface area contributed by atoms with Crippen molar-refractivity contribution in [3.63, 3.8) is 0 Å². The van der Waals surface area contributed by atoms with Gasteiger partial charge in [-0.25, -0.2) is 0 Å². The highest BCUT2D eigenvalue weighted by Gasteiger charge is 2.34. The first-order chi connectivity index (χ1) is 6.73. The van der Waals surface area contributed by atoms with Gasteiger partial charge < -0.3 is 0 Å². The van der Waals surface area contributed by atoms with Crippen LogP contribution in [0, 0.1) is 0 Å². The van der Waals surface area contributed by atoms with Crippen LogP contribution in [0.3, 0.4) is 0 Å². The summed E-state index contributed by atoms with van der Waals surface area (Å²) >= 11 is 10.8. The van der Waals surface area contributed by atoms with E-state index in [9.17, 15) is 18.0 Å². The average molecular weight is 366 g/mol. The first kappa shape index (κ1) is 13.0. The molecule has 1 nitrogen and oxygen atoms in total. The van der Waals surface area contributed by atoms with Crippen LogP contribution in [-0.2, 0) is 6.18 Å². The number of alkyl halides is 3. The summed E-state index contributed by atoms with van der Waals surface area (Å²) in [5.74, 6) is 0. The maximum Gasteiger partial charge on any atom is 0.417 e. The fraction of sp³-hybridized carbons (Fsp3) is 0.125. The number of rotatable bonds is 1. The van der Waals surface area contributed by atoms with E-state index < -0.39 is 17.0 Å². The molecule has 15 heavy (non-hydrogen) atoms. The van der Waals surface area contributed by atoms with Crippen LogP contribution in [-0.4, -0.2) is 5.24 Å². The van der Waals surface area contributed by atoms with Gasteiger partial charge in [-0.3, -0.25) is 4.79 Å². The van der Waals surface area contributed by atoms with Crippen molar-refractivity contribution in [3.05, 3.63) is 32.2 Å². The van der Waals surface area contributed by atoms with Crippen molar-refractivity contribution in [3.8, 4) is 0 Å². The normalized spacial score (nSPS) is 11.6.